The summed E-state index contributed by atoms with van der Waals surface area (Å²) in [5.74, 6) is 0.274. The fraction of sp³-hybridized carbons (Fsp3) is 0.529. The summed E-state index contributed by atoms with van der Waals surface area (Å²) in [6.07, 6.45) is 1.04. The first-order chi connectivity index (χ1) is 11.0. The Morgan fingerprint density at radius 2 is 2.00 bits per heavy atom. The van der Waals surface area contributed by atoms with Crippen LogP contribution in [0.4, 0.5) is 10.5 Å². The van der Waals surface area contributed by atoms with Gasteiger partial charge in [0.05, 0.1) is 11.3 Å². The molecule has 23 heavy (non-hydrogen) atoms. The molecule has 0 aromatic heterocycles. The third-order valence-corrected chi connectivity index (χ3v) is 3.98. The van der Waals surface area contributed by atoms with Gasteiger partial charge in [0.25, 0.3) is 5.91 Å². The van der Waals surface area contributed by atoms with Gasteiger partial charge in [-0.05, 0) is 44.9 Å². The standard InChI is InChI=1S/C17H26N4O2/c1-11(2)19-17(23)21-14-7-5-4-6-13(14)16(22)20-15-10-18-9-8-12(15)3/h4-7,11-12,15,18H,8-10H2,1-3H3,(H,20,22)(H2,19,21,23). The van der Waals surface area contributed by atoms with Gasteiger partial charge in [-0.25, -0.2) is 4.79 Å². The monoisotopic (exact) mass is 318 g/mol. The minimum atomic E-state index is -0.312. The average molecular weight is 318 g/mol. The predicted octanol–water partition coefficient (Wildman–Crippen LogP) is 1.94. The number of nitrogens with one attached hydrogen (secondary N) is 4. The van der Waals surface area contributed by atoms with E-state index < -0.39 is 0 Å². The first kappa shape index (κ1) is 17.3. The number of para-hydroxylation sites is 1. The number of urea groups is 1. The second-order valence-electron chi connectivity index (χ2n) is 6.35. The Hall–Kier alpha value is -2.08. The number of hydrogen-bond donors (Lipinski definition) is 4. The van der Waals surface area contributed by atoms with Crippen molar-refractivity contribution >= 4 is 17.6 Å². The summed E-state index contributed by atoms with van der Waals surface area (Å²) >= 11 is 0. The van der Waals surface area contributed by atoms with E-state index in [9.17, 15) is 9.59 Å². The highest BCUT2D eigenvalue weighted by Crippen LogP contribution is 2.17. The van der Waals surface area contributed by atoms with Crippen molar-refractivity contribution in [3.63, 3.8) is 0 Å². The van der Waals surface area contributed by atoms with E-state index in [-0.39, 0.29) is 24.0 Å². The van der Waals surface area contributed by atoms with Crippen LogP contribution in [0.1, 0.15) is 37.6 Å². The van der Waals surface area contributed by atoms with E-state index in [4.69, 9.17) is 0 Å². The van der Waals surface area contributed by atoms with Gasteiger partial charge in [-0.2, -0.15) is 0 Å². The Morgan fingerprint density at radius 3 is 2.70 bits per heavy atom. The SMILES string of the molecule is CC(C)NC(=O)Nc1ccccc1C(=O)NC1CNCCC1C. The average Bonchev–Trinajstić information content (AvgIpc) is 2.49. The van der Waals surface area contributed by atoms with Crippen molar-refractivity contribution in [1.82, 2.24) is 16.0 Å². The summed E-state index contributed by atoms with van der Waals surface area (Å²) in [6.45, 7) is 7.68. The van der Waals surface area contributed by atoms with Gasteiger partial charge in [-0.1, -0.05) is 19.1 Å². The summed E-state index contributed by atoms with van der Waals surface area (Å²) in [4.78, 5) is 24.4. The highest BCUT2D eigenvalue weighted by molar-refractivity contribution is 6.03. The molecule has 1 aliphatic rings. The van der Waals surface area contributed by atoms with Gasteiger partial charge in [0.2, 0.25) is 0 Å². The summed E-state index contributed by atoms with van der Waals surface area (Å²) < 4.78 is 0. The number of carbonyl (C=O) groups excluding carboxylic acids is 2. The van der Waals surface area contributed by atoms with Gasteiger partial charge < -0.3 is 21.3 Å². The van der Waals surface area contributed by atoms with Crippen molar-refractivity contribution < 1.29 is 9.59 Å². The molecule has 0 spiro atoms. The molecule has 0 aliphatic carbocycles. The van der Waals surface area contributed by atoms with E-state index >= 15 is 0 Å². The van der Waals surface area contributed by atoms with Gasteiger partial charge in [0.15, 0.2) is 0 Å². The summed E-state index contributed by atoms with van der Waals surface area (Å²) in [5, 5.41) is 11.9. The van der Waals surface area contributed by atoms with Crippen molar-refractivity contribution in [3.05, 3.63) is 29.8 Å². The highest BCUT2D eigenvalue weighted by atomic mass is 16.2. The zero-order chi connectivity index (χ0) is 16.8. The Balaban J connectivity index is 2.06. The van der Waals surface area contributed by atoms with Crippen LogP contribution in [0.15, 0.2) is 24.3 Å². The molecule has 4 N–H and O–H groups in total. The van der Waals surface area contributed by atoms with Crippen molar-refractivity contribution in [3.8, 4) is 0 Å². The molecular weight excluding hydrogens is 292 g/mol. The molecule has 0 radical (unpaired) electrons. The maximum atomic E-state index is 12.6. The smallest absolute Gasteiger partial charge is 0.319 e. The van der Waals surface area contributed by atoms with Crippen LogP contribution in [-0.4, -0.2) is 37.1 Å². The summed E-state index contributed by atoms with van der Waals surface area (Å²) in [5.41, 5.74) is 0.990. The van der Waals surface area contributed by atoms with E-state index in [0.717, 1.165) is 19.5 Å². The molecule has 1 fully saturated rings. The lowest BCUT2D eigenvalue weighted by Gasteiger charge is -2.30. The lowest BCUT2D eigenvalue weighted by atomic mass is 9.94. The molecule has 1 saturated heterocycles. The molecule has 1 aromatic carbocycles. The Labute approximate surface area is 137 Å². The minimum Gasteiger partial charge on any atom is -0.348 e. The predicted molar refractivity (Wildman–Crippen MR) is 91.6 cm³/mol. The zero-order valence-electron chi connectivity index (χ0n) is 14.0. The third kappa shape index (κ3) is 4.96. The molecule has 6 heteroatoms. The molecule has 3 amide bonds. The molecule has 2 atom stereocenters. The first-order valence-corrected chi connectivity index (χ1v) is 8.15. The fourth-order valence-electron chi connectivity index (χ4n) is 2.64. The molecule has 2 rings (SSSR count). The highest BCUT2D eigenvalue weighted by Gasteiger charge is 2.24. The van der Waals surface area contributed by atoms with Crippen LogP contribution >= 0.6 is 0 Å². The first-order valence-electron chi connectivity index (χ1n) is 8.15. The summed E-state index contributed by atoms with van der Waals surface area (Å²) in [7, 11) is 0. The number of carbonyl (C=O) groups is 2. The van der Waals surface area contributed by atoms with Gasteiger partial charge in [0, 0.05) is 18.6 Å². The van der Waals surface area contributed by atoms with Crippen molar-refractivity contribution in [2.45, 2.75) is 39.3 Å². The largest absolute Gasteiger partial charge is 0.348 e. The van der Waals surface area contributed by atoms with E-state index in [1.165, 1.54) is 0 Å². The normalized spacial score (nSPS) is 20.9. The molecule has 6 nitrogen and oxygen atoms in total. The van der Waals surface area contributed by atoms with Crippen LogP contribution in [0.3, 0.4) is 0 Å². The van der Waals surface area contributed by atoms with Crippen LogP contribution in [-0.2, 0) is 0 Å². The van der Waals surface area contributed by atoms with Crippen LogP contribution < -0.4 is 21.3 Å². The Bertz CT molecular complexity index is 559. The quantitative estimate of drug-likeness (QED) is 0.685. The molecule has 1 aromatic rings. The second-order valence-corrected chi connectivity index (χ2v) is 6.35. The van der Waals surface area contributed by atoms with E-state index in [2.05, 4.69) is 28.2 Å². The van der Waals surface area contributed by atoms with Gasteiger partial charge >= 0.3 is 6.03 Å². The lowest BCUT2D eigenvalue weighted by Crippen LogP contribution is -2.50. The number of piperidine rings is 1. The Morgan fingerprint density at radius 1 is 1.26 bits per heavy atom. The van der Waals surface area contributed by atoms with Gasteiger partial charge in [-0.3, -0.25) is 4.79 Å². The molecule has 1 heterocycles. The zero-order valence-corrected chi connectivity index (χ0v) is 14.0. The molecule has 2 unspecified atom stereocenters. The number of rotatable bonds is 4. The van der Waals surface area contributed by atoms with Crippen LogP contribution in [0, 0.1) is 5.92 Å². The van der Waals surface area contributed by atoms with Gasteiger partial charge in [0.1, 0.15) is 0 Å². The van der Waals surface area contributed by atoms with E-state index in [1.807, 2.05) is 13.8 Å². The third-order valence-electron chi connectivity index (χ3n) is 3.98. The van der Waals surface area contributed by atoms with Gasteiger partial charge in [-0.15, -0.1) is 0 Å². The summed E-state index contributed by atoms with van der Waals surface area (Å²) in [6, 6.07) is 6.88. The van der Waals surface area contributed by atoms with Crippen LogP contribution in [0.5, 0.6) is 0 Å². The minimum absolute atomic E-state index is 0.0325. The maximum absolute atomic E-state index is 12.6. The van der Waals surface area contributed by atoms with Crippen LogP contribution in [0.2, 0.25) is 0 Å². The number of benzene rings is 1. The number of amides is 3. The van der Waals surface area contributed by atoms with Crippen molar-refractivity contribution in [2.24, 2.45) is 5.92 Å². The second kappa shape index (κ2) is 7.97. The molecule has 0 saturated carbocycles. The lowest BCUT2D eigenvalue weighted by molar-refractivity contribution is 0.0916. The molecule has 0 bridgehead atoms. The number of hydrogen-bond acceptors (Lipinski definition) is 3. The maximum Gasteiger partial charge on any atom is 0.319 e. The molecule has 1 aliphatic heterocycles. The Kier molecular flexibility index (Phi) is 5.98. The number of anilines is 1. The van der Waals surface area contributed by atoms with E-state index in [0.29, 0.717) is 17.2 Å². The topological polar surface area (TPSA) is 82.3 Å². The molecular formula is C17H26N4O2. The van der Waals surface area contributed by atoms with Crippen molar-refractivity contribution in [2.75, 3.05) is 18.4 Å². The van der Waals surface area contributed by atoms with Crippen molar-refractivity contribution in [1.29, 1.82) is 0 Å². The fourth-order valence-corrected chi connectivity index (χ4v) is 2.64. The van der Waals surface area contributed by atoms with E-state index in [1.54, 1.807) is 24.3 Å². The van der Waals surface area contributed by atoms with Crippen LogP contribution in [0.25, 0.3) is 0 Å². The molecule has 126 valence electrons.